The lowest BCUT2D eigenvalue weighted by molar-refractivity contribution is 0.245. The summed E-state index contributed by atoms with van der Waals surface area (Å²) in [5.74, 6) is 0.478. The molecule has 4 nitrogen and oxygen atoms in total. The number of ether oxygens (including phenoxy) is 1. The molecule has 1 aliphatic rings. The lowest BCUT2D eigenvalue weighted by atomic mass is 10.0. The Bertz CT molecular complexity index is 625. The molecule has 0 amide bonds. The number of hydrogen-bond donors (Lipinski definition) is 0. The average Bonchev–Trinajstić information content (AvgIpc) is 2.50. The van der Waals surface area contributed by atoms with Crippen LogP contribution in [-0.4, -0.2) is 31.9 Å². The number of piperidine rings is 1. The molecule has 1 heterocycles. The van der Waals surface area contributed by atoms with Gasteiger partial charge in [0, 0.05) is 12.6 Å². The van der Waals surface area contributed by atoms with Gasteiger partial charge in [-0.15, -0.1) is 0 Å². The molecule has 5 heteroatoms. The van der Waals surface area contributed by atoms with Gasteiger partial charge in [-0.1, -0.05) is 13.3 Å². The zero-order valence-corrected chi connectivity index (χ0v) is 14.9. The third kappa shape index (κ3) is 3.30. The van der Waals surface area contributed by atoms with Crippen LogP contribution in [0.1, 0.15) is 50.7 Å². The third-order valence-corrected chi connectivity index (χ3v) is 6.46. The van der Waals surface area contributed by atoms with Gasteiger partial charge in [-0.2, -0.15) is 4.31 Å². The first-order valence-corrected chi connectivity index (χ1v) is 9.61. The maximum absolute atomic E-state index is 13.2. The van der Waals surface area contributed by atoms with Crippen molar-refractivity contribution < 1.29 is 13.2 Å². The van der Waals surface area contributed by atoms with Crippen molar-refractivity contribution in [3.8, 4) is 5.75 Å². The van der Waals surface area contributed by atoms with Crippen molar-refractivity contribution in [1.82, 2.24) is 4.31 Å². The Hall–Kier alpha value is -1.07. The van der Waals surface area contributed by atoms with Gasteiger partial charge in [-0.3, -0.25) is 0 Å². The molecule has 1 aromatic carbocycles. The molecule has 1 atom stereocenters. The Labute approximate surface area is 134 Å². The minimum atomic E-state index is -3.51. The Morgan fingerprint density at radius 1 is 1.18 bits per heavy atom. The lowest BCUT2D eigenvalue weighted by Gasteiger charge is -2.34. The maximum Gasteiger partial charge on any atom is 0.247 e. The summed E-state index contributed by atoms with van der Waals surface area (Å²) in [6.07, 6.45) is 3.85. The summed E-state index contributed by atoms with van der Waals surface area (Å²) in [5.41, 5.74) is 2.03. The molecule has 1 saturated heterocycles. The quantitative estimate of drug-likeness (QED) is 0.830. The molecular weight excluding hydrogens is 298 g/mol. The fraction of sp³-hybridized carbons (Fsp3) is 0.647. The number of nitrogens with zero attached hydrogens (tertiary/aromatic N) is 1. The summed E-state index contributed by atoms with van der Waals surface area (Å²) in [7, 11) is -3.51. The van der Waals surface area contributed by atoms with Gasteiger partial charge >= 0.3 is 0 Å². The SMILES string of the molecule is CCOc1cc(C)c(C)cc1S(=O)(=O)N1CCCC[C@H]1CC. The van der Waals surface area contributed by atoms with Crippen molar-refractivity contribution in [2.45, 2.75) is 64.3 Å². The largest absolute Gasteiger partial charge is 0.492 e. The first kappa shape index (κ1) is 17.3. The van der Waals surface area contributed by atoms with Gasteiger partial charge in [0.15, 0.2) is 0 Å². The van der Waals surface area contributed by atoms with E-state index in [0.717, 1.165) is 36.8 Å². The molecule has 0 saturated carbocycles. The van der Waals surface area contributed by atoms with Crippen LogP contribution in [0.5, 0.6) is 5.75 Å². The van der Waals surface area contributed by atoms with Crippen LogP contribution in [-0.2, 0) is 10.0 Å². The number of hydrogen-bond acceptors (Lipinski definition) is 3. The highest BCUT2D eigenvalue weighted by atomic mass is 32.2. The molecule has 0 spiro atoms. The van der Waals surface area contributed by atoms with E-state index in [9.17, 15) is 8.42 Å². The van der Waals surface area contributed by atoms with Crippen LogP contribution in [0.15, 0.2) is 17.0 Å². The van der Waals surface area contributed by atoms with Crippen molar-refractivity contribution in [2.24, 2.45) is 0 Å². The summed E-state index contributed by atoms with van der Waals surface area (Å²) < 4.78 is 33.6. The van der Waals surface area contributed by atoms with Crippen LogP contribution in [0.25, 0.3) is 0 Å². The second kappa shape index (κ2) is 7.01. The van der Waals surface area contributed by atoms with Gasteiger partial charge in [0.2, 0.25) is 10.0 Å². The zero-order chi connectivity index (χ0) is 16.3. The molecule has 2 rings (SSSR count). The van der Waals surface area contributed by atoms with Gasteiger partial charge in [0.1, 0.15) is 10.6 Å². The van der Waals surface area contributed by atoms with Crippen molar-refractivity contribution in [3.05, 3.63) is 23.3 Å². The molecule has 124 valence electrons. The van der Waals surface area contributed by atoms with Gasteiger partial charge in [0.25, 0.3) is 0 Å². The standard InChI is InChI=1S/C17H27NO3S/c1-5-15-9-7-8-10-18(15)22(19,20)17-12-14(4)13(3)11-16(17)21-6-2/h11-12,15H,5-10H2,1-4H3/t15-/m1/s1. The highest BCUT2D eigenvalue weighted by Crippen LogP contribution is 2.33. The zero-order valence-electron chi connectivity index (χ0n) is 14.1. The first-order chi connectivity index (χ1) is 10.4. The van der Waals surface area contributed by atoms with E-state index in [1.54, 1.807) is 10.4 Å². The van der Waals surface area contributed by atoms with Gasteiger partial charge in [-0.05, 0) is 63.3 Å². The number of benzene rings is 1. The van der Waals surface area contributed by atoms with Crippen LogP contribution in [0.4, 0.5) is 0 Å². The minimum absolute atomic E-state index is 0.106. The Kier molecular flexibility index (Phi) is 5.50. The molecule has 22 heavy (non-hydrogen) atoms. The highest BCUT2D eigenvalue weighted by Gasteiger charge is 2.34. The number of rotatable bonds is 5. The Balaban J connectivity index is 2.50. The molecule has 0 N–H and O–H groups in total. The topological polar surface area (TPSA) is 46.6 Å². The fourth-order valence-corrected chi connectivity index (χ4v) is 5.02. The third-order valence-electron chi connectivity index (χ3n) is 4.49. The molecule has 0 unspecified atom stereocenters. The fourth-order valence-electron chi connectivity index (χ4n) is 3.06. The summed E-state index contributed by atoms with van der Waals surface area (Å²) in [6, 6.07) is 3.71. The predicted octanol–water partition coefficient (Wildman–Crippen LogP) is 3.66. The molecular formula is C17H27NO3S. The van der Waals surface area contributed by atoms with Gasteiger partial charge in [0.05, 0.1) is 6.61 Å². The van der Waals surface area contributed by atoms with Crippen LogP contribution in [0.3, 0.4) is 0 Å². The molecule has 1 fully saturated rings. The van der Waals surface area contributed by atoms with E-state index in [1.165, 1.54) is 0 Å². The summed E-state index contributed by atoms with van der Waals surface area (Å²) in [4.78, 5) is 0.317. The minimum Gasteiger partial charge on any atom is -0.492 e. The van der Waals surface area contributed by atoms with E-state index in [-0.39, 0.29) is 6.04 Å². The number of aryl methyl sites for hydroxylation is 2. The van der Waals surface area contributed by atoms with Crippen molar-refractivity contribution in [3.63, 3.8) is 0 Å². The Morgan fingerprint density at radius 3 is 2.50 bits per heavy atom. The van der Waals surface area contributed by atoms with Crippen LogP contribution < -0.4 is 4.74 Å². The van der Waals surface area contributed by atoms with Crippen molar-refractivity contribution >= 4 is 10.0 Å². The molecule has 0 bridgehead atoms. The van der Waals surface area contributed by atoms with E-state index in [1.807, 2.05) is 26.8 Å². The Morgan fingerprint density at radius 2 is 1.86 bits per heavy atom. The van der Waals surface area contributed by atoms with Gasteiger partial charge < -0.3 is 4.74 Å². The lowest BCUT2D eigenvalue weighted by Crippen LogP contribution is -2.43. The second-order valence-electron chi connectivity index (χ2n) is 5.99. The summed E-state index contributed by atoms with van der Waals surface area (Å²) in [6.45, 7) is 8.92. The van der Waals surface area contributed by atoms with Crippen molar-refractivity contribution in [2.75, 3.05) is 13.2 Å². The van der Waals surface area contributed by atoms with E-state index < -0.39 is 10.0 Å². The molecule has 1 aromatic rings. The summed E-state index contributed by atoms with van der Waals surface area (Å²) >= 11 is 0. The summed E-state index contributed by atoms with van der Waals surface area (Å²) in [5, 5.41) is 0. The molecule has 0 aromatic heterocycles. The first-order valence-electron chi connectivity index (χ1n) is 8.17. The highest BCUT2D eigenvalue weighted by molar-refractivity contribution is 7.89. The van der Waals surface area contributed by atoms with E-state index in [4.69, 9.17) is 4.74 Å². The van der Waals surface area contributed by atoms with Crippen LogP contribution in [0.2, 0.25) is 0 Å². The van der Waals surface area contributed by atoms with Crippen LogP contribution in [0, 0.1) is 13.8 Å². The average molecular weight is 325 g/mol. The molecule has 0 aliphatic carbocycles. The second-order valence-corrected chi connectivity index (χ2v) is 7.85. The molecule has 1 aliphatic heterocycles. The van der Waals surface area contributed by atoms with E-state index in [2.05, 4.69) is 6.92 Å². The van der Waals surface area contributed by atoms with Crippen LogP contribution >= 0.6 is 0 Å². The predicted molar refractivity (Wildman–Crippen MR) is 88.9 cm³/mol. The van der Waals surface area contributed by atoms with E-state index >= 15 is 0 Å². The normalized spacial score (nSPS) is 20.1. The molecule has 0 radical (unpaired) electrons. The monoisotopic (exact) mass is 325 g/mol. The smallest absolute Gasteiger partial charge is 0.247 e. The van der Waals surface area contributed by atoms with Gasteiger partial charge in [-0.25, -0.2) is 8.42 Å². The maximum atomic E-state index is 13.2. The van der Waals surface area contributed by atoms with E-state index in [0.29, 0.717) is 23.8 Å². The number of sulfonamides is 1. The van der Waals surface area contributed by atoms with Crippen molar-refractivity contribution in [1.29, 1.82) is 0 Å².